The van der Waals surface area contributed by atoms with Crippen molar-refractivity contribution in [1.82, 2.24) is 10.2 Å². The fourth-order valence-electron chi connectivity index (χ4n) is 2.79. The van der Waals surface area contributed by atoms with E-state index in [1.807, 2.05) is 6.92 Å². The number of hydrogen-bond donors (Lipinski definition) is 1. The van der Waals surface area contributed by atoms with E-state index in [1.54, 1.807) is 12.0 Å². The van der Waals surface area contributed by atoms with Crippen LogP contribution < -0.4 is 5.32 Å². The summed E-state index contributed by atoms with van der Waals surface area (Å²) in [5.74, 6) is 0.426. The van der Waals surface area contributed by atoms with Gasteiger partial charge in [0, 0.05) is 20.3 Å². The number of nitrogens with zero attached hydrogens (tertiary/aromatic N) is 1. The second kappa shape index (κ2) is 7.75. The lowest BCUT2D eigenvalue weighted by molar-refractivity contribution is -0.150. The smallest absolute Gasteiger partial charge is 0.246 e. The summed E-state index contributed by atoms with van der Waals surface area (Å²) >= 11 is 0. The molecule has 1 aliphatic heterocycles. The largest absolute Gasteiger partial charge is 0.382 e. The van der Waals surface area contributed by atoms with Gasteiger partial charge in [-0.05, 0) is 31.6 Å². The predicted octanol–water partition coefficient (Wildman–Crippen LogP) is 0.555. The maximum Gasteiger partial charge on any atom is 0.246 e. The molecule has 0 aromatic rings. The highest BCUT2D eigenvalue weighted by atomic mass is 16.5. The van der Waals surface area contributed by atoms with Crippen molar-refractivity contribution in [2.24, 2.45) is 5.92 Å². The quantitative estimate of drug-likeness (QED) is 0.631. The molecule has 2 unspecified atom stereocenters. The van der Waals surface area contributed by atoms with Crippen LogP contribution in [-0.2, 0) is 19.1 Å². The van der Waals surface area contributed by atoms with Gasteiger partial charge in [0.2, 0.25) is 11.8 Å². The molecule has 1 saturated carbocycles. The molecule has 0 radical (unpaired) electrons. The van der Waals surface area contributed by atoms with Gasteiger partial charge in [0.25, 0.3) is 0 Å². The number of piperazine rings is 1. The highest BCUT2D eigenvalue weighted by Gasteiger charge is 2.45. The van der Waals surface area contributed by atoms with Gasteiger partial charge in [-0.25, -0.2) is 0 Å². The fraction of sp³-hybridized carbons (Fsp3) is 0.867. The Hall–Kier alpha value is -1.14. The van der Waals surface area contributed by atoms with Crippen LogP contribution in [0.5, 0.6) is 0 Å². The van der Waals surface area contributed by atoms with E-state index in [-0.39, 0.29) is 23.9 Å². The second-order valence-electron chi connectivity index (χ2n) is 5.74. The van der Waals surface area contributed by atoms with Crippen LogP contribution in [0.15, 0.2) is 0 Å². The van der Waals surface area contributed by atoms with Crippen molar-refractivity contribution in [2.45, 2.75) is 44.7 Å². The standard InChI is InChI=1S/C15H26N2O4/c1-3-12-14(18)16-13(11-5-6-11)15(19)17(12)7-4-8-21-10-9-20-2/h11-13H,3-10H2,1-2H3,(H,16,18). The van der Waals surface area contributed by atoms with Gasteiger partial charge in [0.05, 0.1) is 13.2 Å². The third-order valence-electron chi connectivity index (χ3n) is 4.13. The van der Waals surface area contributed by atoms with E-state index in [1.165, 1.54) is 0 Å². The zero-order chi connectivity index (χ0) is 15.2. The van der Waals surface area contributed by atoms with Crippen molar-refractivity contribution in [3.63, 3.8) is 0 Å². The number of rotatable bonds is 9. The lowest BCUT2D eigenvalue weighted by atomic mass is 10.0. The topological polar surface area (TPSA) is 67.9 Å². The van der Waals surface area contributed by atoms with Crippen LogP contribution in [0.3, 0.4) is 0 Å². The van der Waals surface area contributed by atoms with E-state index < -0.39 is 0 Å². The van der Waals surface area contributed by atoms with Gasteiger partial charge in [-0.3, -0.25) is 9.59 Å². The predicted molar refractivity (Wildman–Crippen MR) is 77.8 cm³/mol. The van der Waals surface area contributed by atoms with E-state index in [0.717, 1.165) is 19.3 Å². The Kier molecular flexibility index (Phi) is 5.99. The van der Waals surface area contributed by atoms with Gasteiger partial charge in [-0.2, -0.15) is 0 Å². The summed E-state index contributed by atoms with van der Waals surface area (Å²) in [7, 11) is 1.64. The molecule has 1 N–H and O–H groups in total. The Morgan fingerprint density at radius 2 is 2.00 bits per heavy atom. The van der Waals surface area contributed by atoms with Crippen LogP contribution in [0.1, 0.15) is 32.6 Å². The minimum atomic E-state index is -0.327. The van der Waals surface area contributed by atoms with Crippen molar-refractivity contribution in [1.29, 1.82) is 0 Å². The summed E-state index contributed by atoms with van der Waals surface area (Å²) in [5, 5.41) is 2.90. The molecule has 1 aliphatic carbocycles. The average Bonchev–Trinajstić information content (AvgIpc) is 3.30. The summed E-state index contributed by atoms with van der Waals surface area (Å²) in [6.07, 6.45) is 3.49. The van der Waals surface area contributed by atoms with Crippen molar-refractivity contribution >= 4 is 11.8 Å². The molecule has 2 atom stereocenters. The lowest BCUT2D eigenvalue weighted by Crippen LogP contribution is -2.64. The van der Waals surface area contributed by atoms with Gasteiger partial charge in [0.15, 0.2) is 0 Å². The first-order valence-corrected chi connectivity index (χ1v) is 7.86. The third kappa shape index (κ3) is 4.17. The van der Waals surface area contributed by atoms with E-state index in [9.17, 15) is 9.59 Å². The Bertz CT molecular complexity index is 371. The molecule has 2 amide bonds. The molecule has 21 heavy (non-hydrogen) atoms. The number of carbonyl (C=O) groups excluding carboxylic acids is 2. The van der Waals surface area contributed by atoms with Gasteiger partial charge in [-0.1, -0.05) is 6.92 Å². The summed E-state index contributed by atoms with van der Waals surface area (Å²) in [4.78, 5) is 26.4. The Morgan fingerprint density at radius 1 is 1.24 bits per heavy atom. The molecular weight excluding hydrogens is 272 g/mol. The molecule has 6 heteroatoms. The van der Waals surface area contributed by atoms with Crippen molar-refractivity contribution in [3.05, 3.63) is 0 Å². The van der Waals surface area contributed by atoms with Crippen LogP contribution >= 0.6 is 0 Å². The minimum Gasteiger partial charge on any atom is -0.382 e. The van der Waals surface area contributed by atoms with Crippen LogP contribution in [-0.4, -0.2) is 62.3 Å². The highest BCUT2D eigenvalue weighted by Crippen LogP contribution is 2.35. The fourth-order valence-corrected chi connectivity index (χ4v) is 2.79. The van der Waals surface area contributed by atoms with Gasteiger partial charge in [-0.15, -0.1) is 0 Å². The van der Waals surface area contributed by atoms with Crippen LogP contribution in [0.25, 0.3) is 0 Å². The maximum absolute atomic E-state index is 12.5. The minimum absolute atomic E-state index is 0.00528. The van der Waals surface area contributed by atoms with E-state index in [4.69, 9.17) is 9.47 Å². The van der Waals surface area contributed by atoms with E-state index >= 15 is 0 Å². The van der Waals surface area contributed by atoms with Crippen molar-refractivity contribution in [2.75, 3.05) is 33.5 Å². The third-order valence-corrected chi connectivity index (χ3v) is 4.13. The number of carbonyl (C=O) groups is 2. The normalized spacial score (nSPS) is 26.1. The first-order chi connectivity index (χ1) is 10.2. The lowest BCUT2D eigenvalue weighted by Gasteiger charge is -2.38. The summed E-state index contributed by atoms with van der Waals surface area (Å²) in [6.45, 7) is 4.25. The van der Waals surface area contributed by atoms with Gasteiger partial charge in [0.1, 0.15) is 12.1 Å². The average molecular weight is 298 g/mol. The first-order valence-electron chi connectivity index (χ1n) is 7.86. The van der Waals surface area contributed by atoms with Gasteiger partial charge >= 0.3 is 0 Å². The van der Waals surface area contributed by atoms with E-state index in [2.05, 4.69) is 5.32 Å². The summed E-state index contributed by atoms with van der Waals surface area (Å²) in [5.41, 5.74) is 0. The molecule has 120 valence electrons. The second-order valence-corrected chi connectivity index (χ2v) is 5.74. The van der Waals surface area contributed by atoms with Crippen molar-refractivity contribution < 1.29 is 19.1 Å². The maximum atomic E-state index is 12.5. The van der Waals surface area contributed by atoms with Crippen molar-refractivity contribution in [3.8, 4) is 0 Å². The zero-order valence-corrected chi connectivity index (χ0v) is 13.0. The number of methoxy groups -OCH3 is 1. The monoisotopic (exact) mass is 298 g/mol. The Labute approximate surface area is 126 Å². The van der Waals surface area contributed by atoms with Gasteiger partial charge < -0.3 is 19.7 Å². The summed E-state index contributed by atoms with van der Waals surface area (Å²) < 4.78 is 10.3. The number of hydrogen-bond acceptors (Lipinski definition) is 4. The molecule has 2 aliphatic rings. The molecule has 0 aromatic heterocycles. The van der Waals surface area contributed by atoms with Crippen LogP contribution in [0.4, 0.5) is 0 Å². The summed E-state index contributed by atoms with van der Waals surface area (Å²) in [6, 6.07) is -0.624. The first kappa shape index (κ1) is 16.2. The number of ether oxygens (including phenoxy) is 2. The Balaban J connectivity index is 1.83. The highest BCUT2D eigenvalue weighted by molar-refractivity contribution is 5.97. The molecule has 1 saturated heterocycles. The molecule has 2 fully saturated rings. The van der Waals surface area contributed by atoms with Crippen LogP contribution in [0, 0.1) is 5.92 Å². The zero-order valence-electron chi connectivity index (χ0n) is 13.0. The molecule has 1 heterocycles. The SMILES string of the molecule is CCC1C(=O)NC(C2CC2)C(=O)N1CCCOCCOC. The Morgan fingerprint density at radius 3 is 2.62 bits per heavy atom. The molecule has 6 nitrogen and oxygen atoms in total. The molecule has 0 bridgehead atoms. The number of amides is 2. The molecule has 0 aromatic carbocycles. The molecule has 2 rings (SSSR count). The molecule has 0 spiro atoms. The van der Waals surface area contributed by atoms with Crippen LogP contribution in [0.2, 0.25) is 0 Å². The number of nitrogens with one attached hydrogen (secondary N) is 1. The molecular formula is C15H26N2O4. The van der Waals surface area contributed by atoms with E-state index in [0.29, 0.717) is 38.7 Å².